The highest BCUT2D eigenvalue weighted by Gasteiger charge is 2.11. The molecule has 0 bridgehead atoms. The molecular weight excluding hydrogens is 384 g/mol. The Bertz CT molecular complexity index is 1140. The minimum absolute atomic E-state index is 0.0369. The van der Waals surface area contributed by atoms with Crippen LogP contribution < -0.4 is 10.1 Å². The molecule has 1 aromatic carbocycles. The van der Waals surface area contributed by atoms with Crippen molar-refractivity contribution in [2.75, 3.05) is 5.75 Å². The Morgan fingerprint density at radius 1 is 1.14 bits per heavy atom. The van der Waals surface area contributed by atoms with Crippen LogP contribution in [-0.4, -0.2) is 32.1 Å². The third-order valence-electron chi connectivity index (χ3n) is 4.33. The molecule has 29 heavy (non-hydrogen) atoms. The summed E-state index contributed by atoms with van der Waals surface area (Å²) in [6.45, 7) is 4.47. The summed E-state index contributed by atoms with van der Waals surface area (Å²) in [6.07, 6.45) is 3.85. The van der Waals surface area contributed by atoms with Crippen LogP contribution in [0.25, 0.3) is 16.7 Å². The van der Waals surface area contributed by atoms with Gasteiger partial charge >= 0.3 is 0 Å². The van der Waals surface area contributed by atoms with E-state index in [0.717, 1.165) is 27.4 Å². The number of nitrogens with zero attached hydrogens (tertiary/aromatic N) is 3. The van der Waals surface area contributed by atoms with Gasteiger partial charge in [-0.2, -0.15) is 0 Å². The second-order valence-electron chi connectivity index (χ2n) is 6.90. The van der Waals surface area contributed by atoms with Gasteiger partial charge in [-0.05, 0) is 55.8 Å². The van der Waals surface area contributed by atoms with Crippen LogP contribution >= 0.6 is 11.8 Å². The quantitative estimate of drug-likeness (QED) is 0.469. The SMILES string of the molecule is CC(C)Oc1ccc(CNC(=O)CSc2nc3ncccc3n3cccc23)cc1. The van der Waals surface area contributed by atoms with Crippen molar-refractivity contribution in [2.24, 2.45) is 0 Å². The predicted octanol–water partition coefficient (Wildman–Crippen LogP) is 4.08. The van der Waals surface area contributed by atoms with Crippen LogP contribution in [0.2, 0.25) is 0 Å². The molecule has 6 nitrogen and oxygen atoms in total. The van der Waals surface area contributed by atoms with Gasteiger partial charge in [0.25, 0.3) is 0 Å². The molecule has 4 aromatic rings. The molecule has 0 aliphatic carbocycles. The number of hydrogen-bond acceptors (Lipinski definition) is 5. The number of fused-ring (bicyclic) bond motifs is 3. The molecule has 1 amide bonds. The van der Waals surface area contributed by atoms with Gasteiger partial charge in [-0.1, -0.05) is 23.9 Å². The summed E-state index contributed by atoms with van der Waals surface area (Å²) in [5, 5.41) is 3.76. The lowest BCUT2D eigenvalue weighted by Gasteiger charge is -2.10. The van der Waals surface area contributed by atoms with Crippen LogP contribution in [0.15, 0.2) is 66.0 Å². The fourth-order valence-corrected chi connectivity index (χ4v) is 3.87. The number of ether oxygens (including phenoxy) is 1. The van der Waals surface area contributed by atoms with E-state index >= 15 is 0 Å². The van der Waals surface area contributed by atoms with Crippen LogP contribution in [0.1, 0.15) is 19.4 Å². The number of pyridine rings is 1. The normalized spacial score (nSPS) is 11.3. The van der Waals surface area contributed by atoms with Gasteiger partial charge in [-0.15, -0.1) is 0 Å². The minimum Gasteiger partial charge on any atom is -0.491 e. The summed E-state index contributed by atoms with van der Waals surface area (Å²) in [4.78, 5) is 21.3. The number of amides is 1. The molecule has 0 unspecified atom stereocenters. The predicted molar refractivity (Wildman–Crippen MR) is 115 cm³/mol. The van der Waals surface area contributed by atoms with Gasteiger partial charge in [0.15, 0.2) is 5.65 Å². The highest BCUT2D eigenvalue weighted by atomic mass is 32.2. The number of aromatic nitrogens is 3. The van der Waals surface area contributed by atoms with Gasteiger partial charge in [0.1, 0.15) is 10.8 Å². The molecule has 0 saturated carbocycles. The Balaban J connectivity index is 1.38. The first-order valence-corrected chi connectivity index (χ1v) is 10.5. The minimum atomic E-state index is -0.0369. The standard InChI is InChI=1S/C22H22N4O2S/c1-15(2)28-17-9-7-16(8-10-17)13-24-20(27)14-29-22-19-6-4-12-26(19)18-5-3-11-23-21(18)25-22/h3-12,15H,13-14H2,1-2H3,(H,24,27). The molecule has 0 fully saturated rings. The first-order valence-electron chi connectivity index (χ1n) is 9.47. The molecule has 0 spiro atoms. The van der Waals surface area contributed by atoms with E-state index in [2.05, 4.69) is 19.7 Å². The Hall–Kier alpha value is -3.06. The summed E-state index contributed by atoms with van der Waals surface area (Å²) in [7, 11) is 0. The number of carbonyl (C=O) groups excluding carboxylic acids is 1. The highest BCUT2D eigenvalue weighted by molar-refractivity contribution is 8.00. The van der Waals surface area contributed by atoms with Gasteiger partial charge in [0.05, 0.1) is 22.9 Å². The van der Waals surface area contributed by atoms with Crippen LogP contribution in [0.3, 0.4) is 0 Å². The molecule has 0 saturated heterocycles. The zero-order valence-corrected chi connectivity index (χ0v) is 17.1. The molecule has 0 aliphatic rings. The molecule has 148 valence electrons. The average molecular weight is 407 g/mol. The molecular formula is C22H22N4O2S. The first-order chi connectivity index (χ1) is 14.1. The van der Waals surface area contributed by atoms with Gasteiger partial charge < -0.3 is 14.5 Å². The third-order valence-corrected chi connectivity index (χ3v) is 5.31. The molecule has 0 atom stereocenters. The van der Waals surface area contributed by atoms with E-state index in [1.807, 2.05) is 68.6 Å². The van der Waals surface area contributed by atoms with E-state index < -0.39 is 0 Å². The van der Waals surface area contributed by atoms with E-state index in [4.69, 9.17) is 4.74 Å². The van der Waals surface area contributed by atoms with Gasteiger partial charge in [0, 0.05) is 18.9 Å². The van der Waals surface area contributed by atoms with E-state index in [1.165, 1.54) is 11.8 Å². The van der Waals surface area contributed by atoms with Crippen LogP contribution in [0.5, 0.6) is 5.75 Å². The summed E-state index contributed by atoms with van der Waals surface area (Å²) in [5.41, 5.74) is 3.62. The first kappa shape index (κ1) is 19.3. The van der Waals surface area contributed by atoms with Crippen LogP contribution in [0, 0.1) is 0 Å². The van der Waals surface area contributed by atoms with Gasteiger partial charge in [0.2, 0.25) is 5.91 Å². The maximum atomic E-state index is 12.3. The lowest BCUT2D eigenvalue weighted by molar-refractivity contribution is -0.118. The molecule has 3 aromatic heterocycles. The zero-order chi connectivity index (χ0) is 20.2. The fourth-order valence-electron chi connectivity index (χ4n) is 3.03. The third kappa shape index (κ3) is 4.51. The van der Waals surface area contributed by atoms with E-state index in [0.29, 0.717) is 17.9 Å². The summed E-state index contributed by atoms with van der Waals surface area (Å²) >= 11 is 1.42. The number of benzene rings is 1. The molecule has 7 heteroatoms. The van der Waals surface area contributed by atoms with E-state index in [9.17, 15) is 4.79 Å². The van der Waals surface area contributed by atoms with Crippen molar-refractivity contribution in [2.45, 2.75) is 31.5 Å². The number of rotatable bonds is 7. The van der Waals surface area contributed by atoms with Crippen molar-refractivity contribution >= 4 is 34.3 Å². The van der Waals surface area contributed by atoms with Crippen molar-refractivity contribution in [3.05, 3.63) is 66.5 Å². The van der Waals surface area contributed by atoms with Gasteiger partial charge in [-0.25, -0.2) is 9.97 Å². The maximum absolute atomic E-state index is 12.3. The maximum Gasteiger partial charge on any atom is 0.230 e. The topological polar surface area (TPSA) is 68.5 Å². The second kappa shape index (κ2) is 8.53. The zero-order valence-electron chi connectivity index (χ0n) is 16.3. The van der Waals surface area contributed by atoms with Gasteiger partial charge in [-0.3, -0.25) is 4.79 Å². The Morgan fingerprint density at radius 2 is 1.93 bits per heavy atom. The Kier molecular flexibility index (Phi) is 5.67. The van der Waals surface area contributed by atoms with Crippen molar-refractivity contribution in [3.8, 4) is 5.75 Å². The van der Waals surface area contributed by atoms with E-state index in [-0.39, 0.29) is 12.0 Å². The van der Waals surface area contributed by atoms with Crippen molar-refractivity contribution in [1.29, 1.82) is 0 Å². The molecule has 3 heterocycles. The van der Waals surface area contributed by atoms with Crippen LogP contribution in [0.4, 0.5) is 0 Å². The second-order valence-corrected chi connectivity index (χ2v) is 7.87. The smallest absolute Gasteiger partial charge is 0.230 e. The monoisotopic (exact) mass is 406 g/mol. The largest absolute Gasteiger partial charge is 0.491 e. The fraction of sp³-hybridized carbons (Fsp3) is 0.227. The number of nitrogens with one attached hydrogen (secondary N) is 1. The van der Waals surface area contributed by atoms with Crippen molar-refractivity contribution in [1.82, 2.24) is 19.7 Å². The Labute approximate surface area is 173 Å². The molecule has 0 radical (unpaired) electrons. The summed E-state index contributed by atoms with van der Waals surface area (Å²) < 4.78 is 7.69. The lowest BCUT2D eigenvalue weighted by Crippen LogP contribution is -2.24. The molecule has 0 aliphatic heterocycles. The van der Waals surface area contributed by atoms with E-state index in [1.54, 1.807) is 6.20 Å². The number of thioether (sulfide) groups is 1. The van der Waals surface area contributed by atoms with Crippen molar-refractivity contribution < 1.29 is 9.53 Å². The Morgan fingerprint density at radius 3 is 2.72 bits per heavy atom. The molecule has 1 N–H and O–H groups in total. The number of carbonyl (C=O) groups is 1. The number of hydrogen-bond donors (Lipinski definition) is 1. The highest BCUT2D eigenvalue weighted by Crippen LogP contribution is 2.25. The lowest BCUT2D eigenvalue weighted by atomic mass is 10.2. The van der Waals surface area contributed by atoms with Crippen LogP contribution in [-0.2, 0) is 11.3 Å². The molecule has 4 rings (SSSR count). The van der Waals surface area contributed by atoms with Crippen molar-refractivity contribution in [3.63, 3.8) is 0 Å². The average Bonchev–Trinajstić information content (AvgIpc) is 3.21. The summed E-state index contributed by atoms with van der Waals surface area (Å²) in [6, 6.07) is 15.6. The summed E-state index contributed by atoms with van der Waals surface area (Å²) in [5.74, 6) is 1.09.